The number of nitrogens with zero attached hydrogens (tertiary/aromatic N) is 1. The van der Waals surface area contributed by atoms with Gasteiger partial charge in [-0.25, -0.2) is 0 Å². The molecular formula is C14H20BrNO2. The predicted octanol–water partition coefficient (Wildman–Crippen LogP) is 3.12. The molecule has 0 saturated carbocycles. The normalized spacial score (nSPS) is 22.0. The van der Waals surface area contributed by atoms with E-state index >= 15 is 0 Å². The molecule has 0 aliphatic carbocycles. The van der Waals surface area contributed by atoms with E-state index < -0.39 is 6.10 Å². The van der Waals surface area contributed by atoms with Gasteiger partial charge in [-0.3, -0.25) is 0 Å². The summed E-state index contributed by atoms with van der Waals surface area (Å²) in [4.78, 5) is 2.34. The number of aliphatic hydroxyl groups is 1. The number of piperidine rings is 1. The van der Waals surface area contributed by atoms with Crippen LogP contribution in [0.1, 0.15) is 31.4 Å². The number of methoxy groups -OCH3 is 1. The number of aliphatic hydroxyl groups excluding tert-OH is 1. The Hall–Kier alpha value is -0.580. The van der Waals surface area contributed by atoms with Gasteiger partial charge in [-0.05, 0) is 37.5 Å². The zero-order valence-electron chi connectivity index (χ0n) is 10.9. The number of hydrogen-bond acceptors (Lipinski definition) is 3. The van der Waals surface area contributed by atoms with E-state index in [-0.39, 0.29) is 0 Å². The maximum atomic E-state index is 9.62. The quantitative estimate of drug-likeness (QED) is 0.930. The van der Waals surface area contributed by atoms with Gasteiger partial charge in [0.05, 0.1) is 12.2 Å². The monoisotopic (exact) mass is 313 g/mol. The molecule has 0 spiro atoms. The standard InChI is InChI=1S/C14H20BrNO2/c1-10(17)13-6-5-11(8-14(13)15)16-7-3-4-12(9-16)18-2/h5-6,8,10,12,17H,3-4,7,9H2,1-2H3/t10-,12?/m1/s1. The number of rotatable bonds is 3. The Kier molecular flexibility index (Phi) is 4.65. The van der Waals surface area contributed by atoms with Crippen LogP contribution < -0.4 is 4.90 Å². The van der Waals surface area contributed by atoms with Crippen LogP contribution in [-0.4, -0.2) is 31.4 Å². The van der Waals surface area contributed by atoms with Crippen molar-refractivity contribution in [3.63, 3.8) is 0 Å². The molecule has 1 saturated heterocycles. The third kappa shape index (κ3) is 3.05. The van der Waals surface area contributed by atoms with Crippen molar-refractivity contribution in [3.05, 3.63) is 28.2 Å². The first-order valence-corrected chi connectivity index (χ1v) is 7.16. The van der Waals surface area contributed by atoms with Crippen molar-refractivity contribution in [2.24, 2.45) is 0 Å². The van der Waals surface area contributed by atoms with Crippen LogP contribution in [0.25, 0.3) is 0 Å². The van der Waals surface area contributed by atoms with Gasteiger partial charge in [0.1, 0.15) is 0 Å². The average Bonchev–Trinajstić information content (AvgIpc) is 2.38. The SMILES string of the molecule is COC1CCCN(c2ccc([C@@H](C)O)c(Br)c2)C1. The molecule has 1 fully saturated rings. The first-order valence-electron chi connectivity index (χ1n) is 6.37. The zero-order chi connectivity index (χ0) is 13.1. The lowest BCUT2D eigenvalue weighted by atomic mass is 10.1. The smallest absolute Gasteiger partial charge is 0.0772 e. The van der Waals surface area contributed by atoms with Gasteiger partial charge in [-0.1, -0.05) is 22.0 Å². The second-order valence-electron chi connectivity index (χ2n) is 4.83. The van der Waals surface area contributed by atoms with Gasteiger partial charge in [0.2, 0.25) is 0 Å². The Labute approximate surface area is 117 Å². The highest BCUT2D eigenvalue weighted by Crippen LogP contribution is 2.29. The molecular weight excluding hydrogens is 294 g/mol. The van der Waals surface area contributed by atoms with E-state index in [1.165, 1.54) is 5.69 Å². The molecule has 1 N–H and O–H groups in total. The van der Waals surface area contributed by atoms with Crippen molar-refractivity contribution in [2.45, 2.75) is 32.0 Å². The lowest BCUT2D eigenvalue weighted by molar-refractivity contribution is 0.0893. The summed E-state index contributed by atoms with van der Waals surface area (Å²) >= 11 is 3.53. The fourth-order valence-electron chi connectivity index (χ4n) is 2.42. The van der Waals surface area contributed by atoms with E-state index in [9.17, 15) is 5.11 Å². The molecule has 0 radical (unpaired) electrons. The maximum absolute atomic E-state index is 9.62. The van der Waals surface area contributed by atoms with Crippen LogP contribution in [0, 0.1) is 0 Å². The molecule has 2 atom stereocenters. The fraction of sp³-hybridized carbons (Fsp3) is 0.571. The summed E-state index contributed by atoms with van der Waals surface area (Å²) in [7, 11) is 1.78. The Morgan fingerprint density at radius 3 is 2.89 bits per heavy atom. The van der Waals surface area contributed by atoms with Crippen LogP contribution >= 0.6 is 15.9 Å². The third-order valence-electron chi connectivity index (χ3n) is 3.51. The Bertz CT molecular complexity index is 409. The molecule has 4 heteroatoms. The summed E-state index contributed by atoms with van der Waals surface area (Å²) in [6.45, 7) is 3.79. The molecule has 0 aromatic heterocycles. The lowest BCUT2D eigenvalue weighted by Crippen LogP contribution is -2.39. The summed E-state index contributed by atoms with van der Waals surface area (Å²) in [6, 6.07) is 6.14. The van der Waals surface area contributed by atoms with Crippen molar-refractivity contribution in [1.29, 1.82) is 0 Å². The van der Waals surface area contributed by atoms with E-state index in [2.05, 4.69) is 33.0 Å². The van der Waals surface area contributed by atoms with Crippen LogP contribution in [0.15, 0.2) is 22.7 Å². The first-order chi connectivity index (χ1) is 8.61. The van der Waals surface area contributed by atoms with E-state index in [0.29, 0.717) is 6.10 Å². The molecule has 1 heterocycles. The molecule has 1 aliphatic heterocycles. The number of hydrogen-bond donors (Lipinski definition) is 1. The van der Waals surface area contributed by atoms with Gasteiger partial charge in [0.25, 0.3) is 0 Å². The first kappa shape index (κ1) is 13.8. The Balaban J connectivity index is 2.16. The lowest BCUT2D eigenvalue weighted by Gasteiger charge is -2.34. The van der Waals surface area contributed by atoms with E-state index in [1.807, 2.05) is 6.07 Å². The summed E-state index contributed by atoms with van der Waals surface area (Å²) in [5.74, 6) is 0. The fourth-order valence-corrected chi connectivity index (χ4v) is 3.11. The van der Waals surface area contributed by atoms with Crippen molar-refractivity contribution < 1.29 is 9.84 Å². The van der Waals surface area contributed by atoms with Crippen LogP contribution in [0.3, 0.4) is 0 Å². The highest BCUT2D eigenvalue weighted by atomic mass is 79.9. The largest absolute Gasteiger partial charge is 0.389 e. The summed E-state index contributed by atoms with van der Waals surface area (Å²) < 4.78 is 6.41. The van der Waals surface area contributed by atoms with Crippen LogP contribution in [-0.2, 0) is 4.74 Å². The second kappa shape index (κ2) is 6.04. The van der Waals surface area contributed by atoms with Gasteiger partial charge in [0, 0.05) is 30.4 Å². The molecule has 3 nitrogen and oxygen atoms in total. The number of benzene rings is 1. The molecule has 0 bridgehead atoms. The molecule has 2 rings (SSSR count). The van der Waals surface area contributed by atoms with Gasteiger partial charge in [0.15, 0.2) is 0 Å². The Morgan fingerprint density at radius 1 is 1.50 bits per heavy atom. The zero-order valence-corrected chi connectivity index (χ0v) is 12.5. The second-order valence-corrected chi connectivity index (χ2v) is 5.68. The molecule has 0 amide bonds. The van der Waals surface area contributed by atoms with E-state index in [4.69, 9.17) is 4.74 Å². The Morgan fingerprint density at radius 2 is 2.28 bits per heavy atom. The van der Waals surface area contributed by atoms with Gasteiger partial charge in [-0.2, -0.15) is 0 Å². The predicted molar refractivity (Wildman–Crippen MR) is 77.0 cm³/mol. The molecule has 1 unspecified atom stereocenters. The number of ether oxygens (including phenoxy) is 1. The minimum Gasteiger partial charge on any atom is -0.389 e. The molecule has 1 aliphatic rings. The minimum absolute atomic E-state index is 0.328. The van der Waals surface area contributed by atoms with Gasteiger partial charge in [-0.15, -0.1) is 0 Å². The van der Waals surface area contributed by atoms with Gasteiger partial charge < -0.3 is 14.7 Å². The van der Waals surface area contributed by atoms with Crippen molar-refractivity contribution in [3.8, 4) is 0 Å². The van der Waals surface area contributed by atoms with Crippen molar-refractivity contribution in [2.75, 3.05) is 25.1 Å². The van der Waals surface area contributed by atoms with Crippen LogP contribution in [0.2, 0.25) is 0 Å². The van der Waals surface area contributed by atoms with Crippen LogP contribution in [0.4, 0.5) is 5.69 Å². The highest BCUT2D eigenvalue weighted by Gasteiger charge is 2.20. The summed E-state index contributed by atoms with van der Waals surface area (Å²) in [5, 5.41) is 9.62. The maximum Gasteiger partial charge on any atom is 0.0772 e. The van der Waals surface area contributed by atoms with Gasteiger partial charge >= 0.3 is 0 Å². The number of anilines is 1. The highest BCUT2D eigenvalue weighted by molar-refractivity contribution is 9.10. The third-order valence-corrected chi connectivity index (χ3v) is 4.20. The molecule has 1 aromatic carbocycles. The summed E-state index contributed by atoms with van der Waals surface area (Å²) in [6.07, 6.45) is 2.18. The summed E-state index contributed by atoms with van der Waals surface area (Å²) in [5.41, 5.74) is 2.12. The van der Waals surface area contributed by atoms with Crippen molar-refractivity contribution >= 4 is 21.6 Å². The minimum atomic E-state index is -0.443. The molecule has 18 heavy (non-hydrogen) atoms. The van der Waals surface area contributed by atoms with Crippen LogP contribution in [0.5, 0.6) is 0 Å². The number of halogens is 1. The molecule has 1 aromatic rings. The van der Waals surface area contributed by atoms with Crippen molar-refractivity contribution in [1.82, 2.24) is 0 Å². The molecule has 100 valence electrons. The topological polar surface area (TPSA) is 32.7 Å². The van der Waals surface area contributed by atoms with E-state index in [1.54, 1.807) is 14.0 Å². The average molecular weight is 314 g/mol. The van der Waals surface area contributed by atoms with E-state index in [0.717, 1.165) is 36.0 Å².